The van der Waals surface area contributed by atoms with Gasteiger partial charge >= 0.3 is 0 Å². The van der Waals surface area contributed by atoms with Crippen LogP contribution in [0.4, 0.5) is 0 Å². The SMILES string of the molecule is CCC(C)c1ccc2cc(OC(C)OC3c4ccccc4-c4ccccc43)ccc2c1. The first-order valence-corrected chi connectivity index (χ1v) is 11.2. The molecule has 0 aromatic heterocycles. The number of fused-ring (bicyclic) bond motifs is 4. The largest absolute Gasteiger partial charge is 0.465 e. The first-order valence-electron chi connectivity index (χ1n) is 11.2. The van der Waals surface area contributed by atoms with Crippen molar-refractivity contribution in [1.29, 1.82) is 0 Å². The van der Waals surface area contributed by atoms with Crippen molar-refractivity contribution < 1.29 is 9.47 Å². The number of benzene rings is 4. The predicted molar refractivity (Wildman–Crippen MR) is 128 cm³/mol. The molecule has 0 radical (unpaired) electrons. The van der Waals surface area contributed by atoms with Gasteiger partial charge < -0.3 is 9.47 Å². The summed E-state index contributed by atoms with van der Waals surface area (Å²) in [4.78, 5) is 0. The van der Waals surface area contributed by atoms with Crippen LogP contribution in [0.5, 0.6) is 5.75 Å². The monoisotopic (exact) mass is 408 g/mol. The molecule has 0 spiro atoms. The predicted octanol–water partition coefficient (Wildman–Crippen LogP) is 7.86. The van der Waals surface area contributed by atoms with Gasteiger partial charge in [0.2, 0.25) is 0 Å². The molecule has 0 saturated carbocycles. The molecule has 1 aliphatic carbocycles. The third-order valence-corrected chi connectivity index (χ3v) is 6.42. The fourth-order valence-electron chi connectivity index (χ4n) is 4.52. The lowest BCUT2D eigenvalue weighted by Gasteiger charge is -2.22. The minimum atomic E-state index is -0.374. The van der Waals surface area contributed by atoms with Crippen molar-refractivity contribution in [1.82, 2.24) is 0 Å². The minimum absolute atomic E-state index is 0.110. The van der Waals surface area contributed by atoms with Crippen LogP contribution in [0.25, 0.3) is 21.9 Å². The molecule has 0 saturated heterocycles. The molecule has 0 bridgehead atoms. The summed E-state index contributed by atoms with van der Waals surface area (Å²) in [5, 5.41) is 2.44. The van der Waals surface area contributed by atoms with Gasteiger partial charge in [-0.3, -0.25) is 0 Å². The summed E-state index contributed by atoms with van der Waals surface area (Å²) in [5.74, 6) is 1.40. The third kappa shape index (κ3) is 3.73. The van der Waals surface area contributed by atoms with Crippen molar-refractivity contribution in [2.45, 2.75) is 45.5 Å². The first-order chi connectivity index (χ1) is 15.1. The lowest BCUT2D eigenvalue weighted by molar-refractivity contribution is -0.0944. The van der Waals surface area contributed by atoms with E-state index in [2.05, 4.69) is 92.7 Å². The lowest BCUT2D eigenvalue weighted by Crippen LogP contribution is -2.19. The van der Waals surface area contributed by atoms with E-state index >= 15 is 0 Å². The molecule has 5 rings (SSSR count). The Morgan fingerprint density at radius 3 is 2.03 bits per heavy atom. The maximum Gasteiger partial charge on any atom is 0.198 e. The molecule has 2 heteroatoms. The van der Waals surface area contributed by atoms with Gasteiger partial charge in [-0.2, -0.15) is 0 Å². The zero-order valence-corrected chi connectivity index (χ0v) is 18.3. The Kier molecular flexibility index (Phi) is 5.25. The number of rotatable bonds is 6. The zero-order chi connectivity index (χ0) is 21.4. The quantitative estimate of drug-likeness (QED) is 0.302. The molecular formula is C29H28O2. The summed E-state index contributed by atoms with van der Waals surface area (Å²) in [6.45, 7) is 6.48. The van der Waals surface area contributed by atoms with Crippen LogP contribution >= 0.6 is 0 Å². The molecule has 4 aromatic rings. The Labute approximate surface area is 184 Å². The second kappa shape index (κ2) is 8.20. The molecule has 0 N–H and O–H groups in total. The molecule has 0 aliphatic heterocycles. The van der Waals surface area contributed by atoms with E-state index in [0.29, 0.717) is 5.92 Å². The van der Waals surface area contributed by atoms with Crippen molar-refractivity contribution in [2.24, 2.45) is 0 Å². The molecule has 156 valence electrons. The Balaban J connectivity index is 1.36. The molecule has 2 unspecified atom stereocenters. The summed E-state index contributed by atoms with van der Waals surface area (Å²) in [6.07, 6.45) is 0.664. The molecule has 2 atom stereocenters. The van der Waals surface area contributed by atoms with Crippen molar-refractivity contribution in [3.8, 4) is 16.9 Å². The van der Waals surface area contributed by atoms with Gasteiger partial charge in [0.1, 0.15) is 11.9 Å². The summed E-state index contributed by atoms with van der Waals surface area (Å²) >= 11 is 0. The van der Waals surface area contributed by atoms with Crippen LogP contribution in [-0.4, -0.2) is 6.29 Å². The smallest absolute Gasteiger partial charge is 0.198 e. The van der Waals surface area contributed by atoms with E-state index in [4.69, 9.17) is 9.47 Å². The highest BCUT2D eigenvalue weighted by Gasteiger charge is 2.30. The van der Waals surface area contributed by atoms with Crippen LogP contribution in [0, 0.1) is 0 Å². The molecule has 4 aromatic carbocycles. The summed E-state index contributed by atoms with van der Waals surface area (Å²) in [5.41, 5.74) is 6.29. The van der Waals surface area contributed by atoms with Crippen LogP contribution in [0.1, 0.15) is 55.9 Å². The third-order valence-electron chi connectivity index (χ3n) is 6.42. The lowest BCUT2D eigenvalue weighted by atomic mass is 9.96. The fraction of sp³-hybridized carbons (Fsp3) is 0.241. The van der Waals surface area contributed by atoms with E-state index in [-0.39, 0.29) is 12.4 Å². The van der Waals surface area contributed by atoms with Gasteiger partial charge in [-0.05, 0) is 70.0 Å². The molecule has 0 amide bonds. The van der Waals surface area contributed by atoms with Crippen molar-refractivity contribution in [3.05, 3.63) is 102 Å². The minimum Gasteiger partial charge on any atom is -0.465 e. The average molecular weight is 409 g/mol. The Hall–Kier alpha value is -3.10. The normalized spacial score (nSPS) is 14.8. The highest BCUT2D eigenvalue weighted by atomic mass is 16.7. The summed E-state index contributed by atoms with van der Waals surface area (Å²) in [6, 6.07) is 29.9. The molecule has 0 heterocycles. The molecule has 2 nitrogen and oxygen atoms in total. The van der Waals surface area contributed by atoms with E-state index in [1.807, 2.05) is 13.0 Å². The topological polar surface area (TPSA) is 18.5 Å². The summed E-state index contributed by atoms with van der Waals surface area (Å²) < 4.78 is 12.6. The fourth-order valence-corrected chi connectivity index (χ4v) is 4.52. The van der Waals surface area contributed by atoms with E-state index < -0.39 is 0 Å². The first kappa shape index (κ1) is 19.8. The van der Waals surface area contributed by atoms with Crippen molar-refractivity contribution >= 4 is 10.8 Å². The van der Waals surface area contributed by atoms with Gasteiger partial charge in [0.15, 0.2) is 6.29 Å². The van der Waals surface area contributed by atoms with Gasteiger partial charge in [-0.15, -0.1) is 0 Å². The van der Waals surface area contributed by atoms with E-state index in [1.54, 1.807) is 0 Å². The van der Waals surface area contributed by atoms with Gasteiger partial charge in [0.05, 0.1) is 0 Å². The van der Waals surface area contributed by atoms with Crippen LogP contribution in [0.15, 0.2) is 84.9 Å². The van der Waals surface area contributed by atoms with Gasteiger partial charge in [0.25, 0.3) is 0 Å². The zero-order valence-electron chi connectivity index (χ0n) is 18.3. The maximum atomic E-state index is 6.42. The van der Waals surface area contributed by atoms with Gasteiger partial charge in [-0.1, -0.05) is 86.6 Å². The Morgan fingerprint density at radius 2 is 1.35 bits per heavy atom. The van der Waals surface area contributed by atoms with Gasteiger partial charge in [0, 0.05) is 0 Å². The molecule has 0 fully saturated rings. The molecule has 31 heavy (non-hydrogen) atoms. The average Bonchev–Trinajstić information content (AvgIpc) is 3.12. The van der Waals surface area contributed by atoms with Crippen LogP contribution in [0.2, 0.25) is 0 Å². The standard InChI is InChI=1S/C29H28O2/c1-4-19(2)21-13-14-23-18-24(16-15-22(23)17-21)30-20(3)31-29-27-11-7-5-9-25(27)26-10-6-8-12-28(26)29/h5-20,29H,4H2,1-3H3. The second-order valence-electron chi connectivity index (χ2n) is 8.45. The second-order valence-corrected chi connectivity index (χ2v) is 8.45. The van der Waals surface area contributed by atoms with Crippen molar-refractivity contribution in [2.75, 3.05) is 0 Å². The molecule has 1 aliphatic rings. The highest BCUT2D eigenvalue weighted by Crippen LogP contribution is 2.45. The van der Waals surface area contributed by atoms with Crippen LogP contribution in [0.3, 0.4) is 0 Å². The summed E-state index contributed by atoms with van der Waals surface area (Å²) in [7, 11) is 0. The van der Waals surface area contributed by atoms with E-state index in [1.165, 1.54) is 38.6 Å². The number of hydrogen-bond acceptors (Lipinski definition) is 2. The van der Waals surface area contributed by atoms with Crippen molar-refractivity contribution in [3.63, 3.8) is 0 Å². The highest BCUT2D eigenvalue weighted by molar-refractivity contribution is 5.84. The Morgan fingerprint density at radius 1 is 0.742 bits per heavy atom. The number of hydrogen-bond donors (Lipinski definition) is 0. The number of ether oxygens (including phenoxy) is 2. The van der Waals surface area contributed by atoms with E-state index in [0.717, 1.165) is 12.2 Å². The van der Waals surface area contributed by atoms with Gasteiger partial charge in [-0.25, -0.2) is 0 Å². The van der Waals surface area contributed by atoms with Crippen LogP contribution < -0.4 is 4.74 Å². The molecular weight excluding hydrogens is 380 g/mol. The van der Waals surface area contributed by atoms with E-state index in [9.17, 15) is 0 Å². The van der Waals surface area contributed by atoms with Crippen LogP contribution in [-0.2, 0) is 4.74 Å². The maximum absolute atomic E-state index is 6.42. The Bertz CT molecular complexity index is 1180.